The molecule has 0 aliphatic carbocycles. The second-order valence-corrected chi connectivity index (χ2v) is 8.60. The Labute approximate surface area is 164 Å². The van der Waals surface area contributed by atoms with E-state index in [1.165, 1.54) is 18.2 Å². The van der Waals surface area contributed by atoms with E-state index in [1.54, 1.807) is 23.2 Å². The molecule has 0 radical (unpaired) electrons. The van der Waals surface area contributed by atoms with Crippen molar-refractivity contribution in [3.05, 3.63) is 51.6 Å². The van der Waals surface area contributed by atoms with Gasteiger partial charge in [0, 0.05) is 36.8 Å². The van der Waals surface area contributed by atoms with Gasteiger partial charge in [-0.05, 0) is 46.3 Å². The van der Waals surface area contributed by atoms with Crippen molar-refractivity contribution in [1.82, 2.24) is 9.88 Å². The third kappa shape index (κ3) is 4.01. The van der Waals surface area contributed by atoms with Crippen LogP contribution in [0.2, 0.25) is 5.02 Å². The average Bonchev–Trinajstić information content (AvgIpc) is 2.61. The van der Waals surface area contributed by atoms with Gasteiger partial charge in [0.1, 0.15) is 5.82 Å². The number of carbonyl (C=O) groups is 1. The predicted molar refractivity (Wildman–Crippen MR) is 103 cm³/mol. The van der Waals surface area contributed by atoms with E-state index in [1.807, 2.05) is 4.90 Å². The predicted octanol–water partition coefficient (Wildman–Crippen LogP) is 2.11. The minimum absolute atomic E-state index is 0.0945. The van der Waals surface area contributed by atoms with Crippen molar-refractivity contribution in [2.45, 2.75) is 4.90 Å². The average molecular weight is 460 g/mol. The van der Waals surface area contributed by atoms with Crippen molar-refractivity contribution in [2.75, 3.05) is 31.1 Å². The number of rotatable bonds is 3. The summed E-state index contributed by atoms with van der Waals surface area (Å²) in [7, 11) is -3.88. The fourth-order valence-corrected chi connectivity index (χ4v) is 3.94. The summed E-state index contributed by atoms with van der Waals surface area (Å²) in [6, 6.07) is 7.71. The largest absolute Gasteiger partial charge is 0.352 e. The minimum Gasteiger partial charge on any atom is -0.352 e. The minimum atomic E-state index is -3.88. The number of amides is 1. The Morgan fingerprint density at radius 2 is 1.88 bits per heavy atom. The van der Waals surface area contributed by atoms with Gasteiger partial charge < -0.3 is 9.80 Å². The summed E-state index contributed by atoms with van der Waals surface area (Å²) in [4.78, 5) is 20.7. The number of piperazine rings is 1. The Balaban J connectivity index is 1.76. The maximum Gasteiger partial charge on any atom is 0.255 e. The van der Waals surface area contributed by atoms with Gasteiger partial charge in [-0.1, -0.05) is 11.6 Å². The Hall–Kier alpha value is -1.68. The molecule has 1 fully saturated rings. The highest BCUT2D eigenvalue weighted by atomic mass is 79.9. The fourth-order valence-electron chi connectivity index (χ4n) is 2.75. The normalized spacial score (nSPS) is 15.2. The number of benzene rings is 1. The van der Waals surface area contributed by atoms with E-state index in [0.29, 0.717) is 41.5 Å². The first-order valence-corrected chi connectivity index (χ1v) is 10.5. The molecule has 0 spiro atoms. The van der Waals surface area contributed by atoms with Crippen LogP contribution in [0.1, 0.15) is 10.4 Å². The maximum absolute atomic E-state index is 12.8. The lowest BCUT2D eigenvalue weighted by Gasteiger charge is -2.35. The van der Waals surface area contributed by atoms with Crippen molar-refractivity contribution >= 4 is 49.3 Å². The van der Waals surface area contributed by atoms with Crippen LogP contribution >= 0.6 is 27.5 Å². The highest BCUT2D eigenvalue weighted by Crippen LogP contribution is 2.25. The van der Waals surface area contributed by atoms with E-state index in [4.69, 9.17) is 16.7 Å². The van der Waals surface area contributed by atoms with Crippen LogP contribution in [0.15, 0.2) is 45.9 Å². The molecule has 10 heteroatoms. The lowest BCUT2D eigenvalue weighted by atomic mass is 10.2. The van der Waals surface area contributed by atoms with E-state index in [9.17, 15) is 13.2 Å². The molecule has 2 heterocycles. The number of aromatic nitrogens is 1. The number of halogens is 2. The summed E-state index contributed by atoms with van der Waals surface area (Å²) in [6.07, 6.45) is 1.68. The second kappa shape index (κ2) is 7.51. The zero-order valence-corrected chi connectivity index (χ0v) is 16.8. The number of nitrogens with zero attached hydrogens (tertiary/aromatic N) is 3. The highest BCUT2D eigenvalue weighted by molar-refractivity contribution is 9.10. The Morgan fingerprint density at radius 3 is 2.50 bits per heavy atom. The van der Waals surface area contributed by atoms with Gasteiger partial charge in [-0.15, -0.1) is 0 Å². The molecule has 1 aromatic carbocycles. The lowest BCUT2D eigenvalue weighted by molar-refractivity contribution is 0.0745. The van der Waals surface area contributed by atoms with E-state index < -0.39 is 10.0 Å². The molecule has 138 valence electrons. The van der Waals surface area contributed by atoms with Gasteiger partial charge in [0.05, 0.1) is 15.5 Å². The smallest absolute Gasteiger partial charge is 0.255 e. The van der Waals surface area contributed by atoms with Crippen LogP contribution in [-0.2, 0) is 10.0 Å². The third-order valence-electron chi connectivity index (χ3n) is 4.10. The van der Waals surface area contributed by atoms with Crippen LogP contribution in [0, 0.1) is 0 Å². The third-order valence-corrected chi connectivity index (χ3v) is 6.00. The first kappa shape index (κ1) is 19.1. The number of nitrogens with two attached hydrogens (primary N) is 1. The number of primary sulfonamides is 1. The molecule has 0 unspecified atom stereocenters. The van der Waals surface area contributed by atoms with Crippen LogP contribution in [0.5, 0.6) is 0 Å². The number of anilines is 1. The molecule has 1 saturated heterocycles. The van der Waals surface area contributed by atoms with Crippen LogP contribution in [0.3, 0.4) is 0 Å². The first-order valence-electron chi connectivity index (χ1n) is 7.74. The molecule has 1 amide bonds. The van der Waals surface area contributed by atoms with Crippen molar-refractivity contribution in [2.24, 2.45) is 5.14 Å². The van der Waals surface area contributed by atoms with Crippen LogP contribution in [0.4, 0.5) is 5.82 Å². The molecule has 2 aromatic rings. The zero-order chi connectivity index (χ0) is 18.9. The summed E-state index contributed by atoms with van der Waals surface area (Å²) in [5.41, 5.74) is 0.265. The number of carbonyl (C=O) groups excluding carboxylic acids is 1. The fraction of sp³-hybridized carbons (Fsp3) is 0.250. The molecule has 0 saturated carbocycles. The Morgan fingerprint density at radius 1 is 1.19 bits per heavy atom. The summed E-state index contributed by atoms with van der Waals surface area (Å²) >= 11 is 9.48. The van der Waals surface area contributed by atoms with E-state index in [-0.39, 0.29) is 16.4 Å². The van der Waals surface area contributed by atoms with Crippen molar-refractivity contribution in [1.29, 1.82) is 0 Å². The first-order chi connectivity index (χ1) is 12.3. The number of hydrogen-bond donors (Lipinski definition) is 1. The molecule has 3 rings (SSSR count). The van der Waals surface area contributed by atoms with Crippen LogP contribution < -0.4 is 10.0 Å². The standard InChI is InChI=1S/C16H16BrClN4O3S/c17-13-4-3-11(26(19,24)25)10-12(13)16(23)22-8-6-21(7-9-22)15-14(18)2-1-5-20-15/h1-5,10H,6-9H2,(H2,19,24,25). The van der Waals surface area contributed by atoms with E-state index >= 15 is 0 Å². The summed E-state index contributed by atoms with van der Waals surface area (Å²) in [6.45, 7) is 2.10. The zero-order valence-electron chi connectivity index (χ0n) is 13.6. The Kier molecular flexibility index (Phi) is 5.52. The van der Waals surface area contributed by atoms with Gasteiger partial charge in [-0.2, -0.15) is 0 Å². The van der Waals surface area contributed by atoms with Crippen LogP contribution in [-0.4, -0.2) is 50.4 Å². The molecule has 1 aromatic heterocycles. The van der Waals surface area contributed by atoms with Crippen molar-refractivity contribution < 1.29 is 13.2 Å². The van der Waals surface area contributed by atoms with Gasteiger partial charge in [-0.3, -0.25) is 4.79 Å². The summed E-state index contributed by atoms with van der Waals surface area (Å²) < 4.78 is 23.6. The molecule has 7 nitrogen and oxygen atoms in total. The SMILES string of the molecule is NS(=O)(=O)c1ccc(Br)c(C(=O)N2CCN(c3ncccc3Cl)CC2)c1. The number of pyridine rings is 1. The van der Waals surface area contributed by atoms with Crippen LogP contribution in [0.25, 0.3) is 0 Å². The molecular formula is C16H16BrClN4O3S. The van der Waals surface area contributed by atoms with Gasteiger partial charge in [-0.25, -0.2) is 18.5 Å². The van der Waals surface area contributed by atoms with Gasteiger partial charge >= 0.3 is 0 Å². The topological polar surface area (TPSA) is 96.6 Å². The summed E-state index contributed by atoms with van der Waals surface area (Å²) in [5, 5.41) is 5.72. The highest BCUT2D eigenvalue weighted by Gasteiger charge is 2.26. The molecule has 0 atom stereocenters. The quantitative estimate of drug-likeness (QED) is 0.758. The monoisotopic (exact) mass is 458 g/mol. The van der Waals surface area contributed by atoms with E-state index in [0.717, 1.165) is 0 Å². The molecule has 26 heavy (non-hydrogen) atoms. The van der Waals surface area contributed by atoms with Crippen molar-refractivity contribution in [3.63, 3.8) is 0 Å². The lowest BCUT2D eigenvalue weighted by Crippen LogP contribution is -2.49. The molecule has 0 bridgehead atoms. The number of hydrogen-bond acceptors (Lipinski definition) is 5. The molecule has 1 aliphatic rings. The van der Waals surface area contributed by atoms with Gasteiger partial charge in [0.15, 0.2) is 0 Å². The molecule has 1 aliphatic heterocycles. The van der Waals surface area contributed by atoms with E-state index in [2.05, 4.69) is 20.9 Å². The Bertz CT molecular complexity index is 946. The van der Waals surface area contributed by atoms with Gasteiger partial charge in [0.2, 0.25) is 10.0 Å². The maximum atomic E-state index is 12.8. The molecular weight excluding hydrogens is 444 g/mol. The number of sulfonamides is 1. The van der Waals surface area contributed by atoms with Crippen molar-refractivity contribution in [3.8, 4) is 0 Å². The van der Waals surface area contributed by atoms with Gasteiger partial charge in [0.25, 0.3) is 5.91 Å². The molecule has 2 N–H and O–H groups in total. The second-order valence-electron chi connectivity index (χ2n) is 5.77. The summed E-state index contributed by atoms with van der Waals surface area (Å²) in [5.74, 6) is 0.438.